The average Bonchev–Trinajstić information content (AvgIpc) is 3.08. The number of nitrogens with two attached hydrogens (primary N) is 2. The Morgan fingerprint density at radius 1 is 1.54 bits per heavy atom. The molecule has 2 aromatic rings. The average molecular weight is 341 g/mol. The molecule has 3 rings (SSSR count). The SMILES string of the molecule is NNC(=O)[C@]1(CO)O[C@@H](n2cnc3c(=O)[nH]c(N)nc32)[C@H](O)[C@@H]1O. The number of amides is 1. The highest BCUT2D eigenvalue weighted by atomic mass is 16.6. The van der Waals surface area contributed by atoms with E-state index in [-0.39, 0.29) is 17.1 Å². The number of hydrogen-bond donors (Lipinski definition) is 7. The second-order valence-electron chi connectivity index (χ2n) is 5.24. The molecular weight excluding hydrogens is 326 g/mol. The van der Waals surface area contributed by atoms with Crippen molar-refractivity contribution in [3.8, 4) is 0 Å². The molecule has 0 unspecified atom stereocenters. The maximum atomic E-state index is 11.9. The quantitative estimate of drug-likeness (QED) is 0.162. The molecule has 4 atom stereocenters. The highest BCUT2D eigenvalue weighted by Gasteiger charge is 2.59. The van der Waals surface area contributed by atoms with Gasteiger partial charge < -0.3 is 25.8 Å². The Bertz CT molecular complexity index is 849. The Hall–Kier alpha value is -2.58. The number of rotatable bonds is 3. The number of hydrazine groups is 1. The molecule has 0 radical (unpaired) electrons. The van der Waals surface area contributed by atoms with Gasteiger partial charge in [-0.1, -0.05) is 0 Å². The van der Waals surface area contributed by atoms with Gasteiger partial charge in [0.25, 0.3) is 11.5 Å². The van der Waals surface area contributed by atoms with Crippen LogP contribution < -0.4 is 22.6 Å². The van der Waals surface area contributed by atoms with Crippen LogP contribution in [0.1, 0.15) is 6.23 Å². The monoisotopic (exact) mass is 341 g/mol. The molecule has 1 aliphatic heterocycles. The van der Waals surface area contributed by atoms with E-state index in [0.717, 1.165) is 10.9 Å². The summed E-state index contributed by atoms with van der Waals surface area (Å²) in [6.45, 7) is -0.951. The van der Waals surface area contributed by atoms with E-state index in [4.69, 9.17) is 16.3 Å². The van der Waals surface area contributed by atoms with E-state index in [1.807, 2.05) is 0 Å². The number of hydrogen-bond acceptors (Lipinski definition) is 10. The Kier molecular flexibility index (Phi) is 3.73. The van der Waals surface area contributed by atoms with Gasteiger partial charge in [-0.3, -0.25) is 24.6 Å². The van der Waals surface area contributed by atoms with Crippen LogP contribution in [0.2, 0.25) is 0 Å². The Morgan fingerprint density at radius 3 is 2.88 bits per heavy atom. The summed E-state index contributed by atoms with van der Waals surface area (Å²) >= 11 is 0. The van der Waals surface area contributed by atoms with E-state index in [9.17, 15) is 24.9 Å². The van der Waals surface area contributed by atoms with Crippen molar-refractivity contribution in [1.29, 1.82) is 0 Å². The summed E-state index contributed by atoms with van der Waals surface area (Å²) in [5.41, 5.74) is 4.32. The van der Waals surface area contributed by atoms with Crippen LogP contribution in [-0.4, -0.2) is 65.2 Å². The number of nitrogens with one attached hydrogen (secondary N) is 2. The third-order valence-corrected chi connectivity index (χ3v) is 3.90. The number of aromatic amines is 1. The number of carbonyl (C=O) groups excluding carboxylic acids is 1. The summed E-state index contributed by atoms with van der Waals surface area (Å²) in [5.74, 6) is 3.81. The smallest absolute Gasteiger partial charge is 0.280 e. The molecule has 9 N–H and O–H groups in total. The van der Waals surface area contributed by atoms with E-state index in [1.54, 1.807) is 5.43 Å². The van der Waals surface area contributed by atoms with Crippen molar-refractivity contribution in [2.24, 2.45) is 5.84 Å². The summed E-state index contributed by atoms with van der Waals surface area (Å²) in [4.78, 5) is 33.7. The molecule has 1 aliphatic rings. The number of ether oxygens (including phenoxy) is 1. The fourth-order valence-corrected chi connectivity index (χ4v) is 2.65. The van der Waals surface area contributed by atoms with Crippen molar-refractivity contribution in [1.82, 2.24) is 24.9 Å². The van der Waals surface area contributed by atoms with Crippen LogP contribution in [-0.2, 0) is 9.53 Å². The molecule has 1 amide bonds. The van der Waals surface area contributed by atoms with Gasteiger partial charge in [-0.15, -0.1) is 0 Å². The van der Waals surface area contributed by atoms with Crippen molar-refractivity contribution in [2.45, 2.75) is 24.0 Å². The minimum Gasteiger partial charge on any atom is -0.393 e. The first kappa shape index (κ1) is 16.3. The lowest BCUT2D eigenvalue weighted by Gasteiger charge is -2.27. The van der Waals surface area contributed by atoms with Gasteiger partial charge in [-0.05, 0) is 0 Å². The van der Waals surface area contributed by atoms with Gasteiger partial charge in [0.2, 0.25) is 11.5 Å². The molecule has 0 aliphatic carbocycles. The first-order valence-corrected chi connectivity index (χ1v) is 6.74. The van der Waals surface area contributed by atoms with Crippen LogP contribution in [0.3, 0.4) is 0 Å². The minimum absolute atomic E-state index is 0.0330. The molecule has 1 fully saturated rings. The third kappa shape index (κ3) is 2.07. The van der Waals surface area contributed by atoms with Crippen molar-refractivity contribution >= 4 is 23.0 Å². The van der Waals surface area contributed by atoms with Crippen LogP contribution in [0, 0.1) is 0 Å². The number of aromatic nitrogens is 4. The van der Waals surface area contributed by atoms with Crippen molar-refractivity contribution in [3.05, 3.63) is 16.7 Å². The summed E-state index contributed by atoms with van der Waals surface area (Å²) in [6, 6.07) is 0. The predicted octanol–water partition coefficient (Wildman–Crippen LogP) is -4.33. The first-order chi connectivity index (χ1) is 11.4. The Balaban J connectivity index is 2.11. The van der Waals surface area contributed by atoms with Crippen LogP contribution in [0.5, 0.6) is 0 Å². The molecule has 0 aromatic carbocycles. The van der Waals surface area contributed by atoms with Crippen LogP contribution in [0.15, 0.2) is 11.1 Å². The van der Waals surface area contributed by atoms with E-state index < -0.39 is 42.1 Å². The molecule has 13 nitrogen and oxygen atoms in total. The molecule has 1 saturated heterocycles. The second-order valence-corrected chi connectivity index (χ2v) is 5.24. The Morgan fingerprint density at radius 2 is 2.25 bits per heavy atom. The minimum atomic E-state index is -2.19. The summed E-state index contributed by atoms with van der Waals surface area (Å²) < 4.78 is 6.52. The number of imidazole rings is 1. The molecular formula is C11H15N7O6. The van der Waals surface area contributed by atoms with E-state index in [1.165, 1.54) is 0 Å². The Labute approximate surface area is 132 Å². The number of aliphatic hydroxyl groups is 3. The van der Waals surface area contributed by atoms with E-state index in [2.05, 4.69) is 15.0 Å². The van der Waals surface area contributed by atoms with Gasteiger partial charge in [-0.25, -0.2) is 10.8 Å². The molecule has 24 heavy (non-hydrogen) atoms. The third-order valence-electron chi connectivity index (χ3n) is 3.90. The predicted molar refractivity (Wildman–Crippen MR) is 76.8 cm³/mol. The van der Waals surface area contributed by atoms with Crippen molar-refractivity contribution in [2.75, 3.05) is 12.3 Å². The second kappa shape index (κ2) is 5.50. The summed E-state index contributed by atoms with van der Waals surface area (Å²) in [7, 11) is 0. The number of fused-ring (bicyclic) bond motifs is 1. The van der Waals surface area contributed by atoms with Crippen LogP contribution in [0.4, 0.5) is 5.95 Å². The zero-order chi connectivity index (χ0) is 17.6. The number of anilines is 1. The number of nitrogens with zero attached hydrogens (tertiary/aromatic N) is 3. The largest absolute Gasteiger partial charge is 0.393 e. The highest BCUT2D eigenvalue weighted by Crippen LogP contribution is 2.38. The number of H-pyrrole nitrogens is 1. The molecule has 0 spiro atoms. The maximum Gasteiger partial charge on any atom is 0.280 e. The number of aliphatic hydroxyl groups excluding tert-OH is 3. The van der Waals surface area contributed by atoms with Gasteiger partial charge in [0.15, 0.2) is 17.4 Å². The fraction of sp³-hybridized carbons (Fsp3) is 0.455. The van der Waals surface area contributed by atoms with Gasteiger partial charge in [0.05, 0.1) is 12.9 Å². The molecule has 130 valence electrons. The first-order valence-electron chi connectivity index (χ1n) is 6.74. The fourth-order valence-electron chi connectivity index (χ4n) is 2.65. The van der Waals surface area contributed by atoms with Crippen molar-refractivity contribution in [3.63, 3.8) is 0 Å². The number of nitrogen functional groups attached to an aromatic ring is 1. The van der Waals surface area contributed by atoms with Gasteiger partial charge >= 0.3 is 0 Å². The van der Waals surface area contributed by atoms with Gasteiger partial charge in [0, 0.05) is 0 Å². The highest BCUT2D eigenvalue weighted by molar-refractivity contribution is 5.86. The standard InChI is InChI=1S/C11H15N7O6/c12-10-15-6-3(7(22)16-10)14-2-18(6)8-4(20)5(21)11(1-19,24-8)9(23)17-13/h2,4-5,8,19-21H,1,13H2,(H,17,23)(H3,12,15,16,22)/t4-,5+,8-,11-/m1/s1. The molecule has 0 bridgehead atoms. The summed E-state index contributed by atoms with van der Waals surface area (Å²) in [6.07, 6.45) is -3.69. The zero-order valence-corrected chi connectivity index (χ0v) is 12.1. The lowest BCUT2D eigenvalue weighted by atomic mass is 9.95. The zero-order valence-electron chi connectivity index (χ0n) is 12.1. The molecule has 0 saturated carbocycles. The normalized spacial score (nSPS) is 29.9. The molecule has 13 heteroatoms. The topological polar surface area (TPSA) is 215 Å². The lowest BCUT2D eigenvalue weighted by Crippen LogP contribution is -2.59. The van der Waals surface area contributed by atoms with E-state index >= 15 is 0 Å². The maximum absolute atomic E-state index is 11.9. The lowest BCUT2D eigenvalue weighted by molar-refractivity contribution is -0.166. The van der Waals surface area contributed by atoms with E-state index in [0.29, 0.717) is 0 Å². The number of carbonyl (C=O) groups is 1. The molecule has 2 aromatic heterocycles. The van der Waals surface area contributed by atoms with Gasteiger partial charge in [-0.2, -0.15) is 4.98 Å². The van der Waals surface area contributed by atoms with Crippen molar-refractivity contribution < 1.29 is 24.9 Å². The van der Waals surface area contributed by atoms with Gasteiger partial charge in [0.1, 0.15) is 12.2 Å². The van der Waals surface area contributed by atoms with Crippen LogP contribution >= 0.6 is 0 Å². The summed E-state index contributed by atoms with van der Waals surface area (Å²) in [5, 5.41) is 29.9. The molecule has 3 heterocycles. The van der Waals surface area contributed by atoms with Crippen LogP contribution in [0.25, 0.3) is 11.2 Å².